The molecule has 2 aromatic heterocycles. The lowest BCUT2D eigenvalue weighted by Crippen LogP contribution is -2.15. The zero-order chi connectivity index (χ0) is 52.8. The molecule has 2 aliphatic carbocycles. The summed E-state index contributed by atoms with van der Waals surface area (Å²) in [5.41, 5.74) is 8.55. The van der Waals surface area contributed by atoms with E-state index in [1.807, 2.05) is 115 Å². The second kappa shape index (κ2) is 18.2. The molecule has 0 aliphatic heterocycles. The van der Waals surface area contributed by atoms with E-state index in [2.05, 4.69) is 85.2 Å². The molecule has 3 nitrogen and oxygen atoms in total. The molecule has 10 aromatic rings. The van der Waals surface area contributed by atoms with E-state index in [0.717, 1.165) is 105 Å². The molecule has 76 heavy (non-hydrogen) atoms. The molecular weight excluding hydrogens is 961 g/mol. The lowest BCUT2D eigenvalue weighted by Gasteiger charge is -2.23. The van der Waals surface area contributed by atoms with Gasteiger partial charge in [-0.2, -0.15) is 31.6 Å². The van der Waals surface area contributed by atoms with Crippen LogP contribution in [0.15, 0.2) is 199 Å². The van der Waals surface area contributed by atoms with Gasteiger partial charge >= 0.3 is 12.4 Å². The number of halogens is 6. The Morgan fingerprint density at radius 3 is 1.29 bits per heavy atom. The van der Waals surface area contributed by atoms with Crippen molar-refractivity contribution in [1.82, 2.24) is 9.13 Å². The van der Waals surface area contributed by atoms with Gasteiger partial charge in [0, 0.05) is 32.7 Å². The minimum Gasteiger partial charge on any atom is -0.307 e. The van der Waals surface area contributed by atoms with Crippen LogP contribution in [0.3, 0.4) is 0 Å². The van der Waals surface area contributed by atoms with Gasteiger partial charge in [-0.05, 0) is 155 Å². The second-order valence-corrected chi connectivity index (χ2v) is 19.9. The van der Waals surface area contributed by atoms with Crippen LogP contribution < -0.4 is 10.4 Å². The summed E-state index contributed by atoms with van der Waals surface area (Å²) in [6, 6.07) is 47.9. The van der Waals surface area contributed by atoms with Crippen molar-refractivity contribution in [2.45, 2.75) is 52.9 Å². The largest absolute Gasteiger partial charge is 0.417 e. The first-order valence-corrected chi connectivity index (χ1v) is 25.1. The average Bonchev–Trinajstić information content (AvgIpc) is 4.09. The van der Waals surface area contributed by atoms with Crippen LogP contribution in [0, 0.1) is 25.2 Å². The second-order valence-electron chi connectivity index (χ2n) is 19.9. The van der Waals surface area contributed by atoms with Gasteiger partial charge < -0.3 is 9.13 Å². The molecule has 0 amide bonds. The van der Waals surface area contributed by atoms with Crippen LogP contribution in [-0.2, 0) is 12.4 Å². The molecule has 2 heterocycles. The number of aromatic nitrogens is 2. The molecule has 0 spiro atoms. The summed E-state index contributed by atoms with van der Waals surface area (Å²) >= 11 is 0. The SMILES string of the molecule is CC1=CC=CCC1=c1ccc2c3ccc(=C4CC=CC=C4C)cc3n(-c3cc(C#N)c(-c4c(C(F)(F)F)cccc4C(F)(F)F)cc3-n3c4cc(-c5ccccc5C)ccc4c4ccc(-c5ccccc5C)cc43)c2c1. The summed E-state index contributed by atoms with van der Waals surface area (Å²) in [5.74, 6) is 0. The first-order valence-electron chi connectivity index (χ1n) is 25.1. The van der Waals surface area contributed by atoms with Crippen LogP contribution in [0.25, 0.3) is 99.5 Å². The van der Waals surface area contributed by atoms with Crippen LogP contribution >= 0.6 is 0 Å². The monoisotopic (exact) mass is 1010 g/mol. The topological polar surface area (TPSA) is 33.6 Å². The number of nitrogens with zero attached hydrogens (tertiary/aromatic N) is 3. The first-order chi connectivity index (χ1) is 36.6. The number of rotatable bonds is 5. The number of hydrogen-bond donors (Lipinski definition) is 0. The first kappa shape index (κ1) is 48.1. The maximum atomic E-state index is 15.4. The van der Waals surface area contributed by atoms with E-state index in [-0.39, 0.29) is 11.3 Å². The predicted molar refractivity (Wildman–Crippen MR) is 297 cm³/mol. The summed E-state index contributed by atoms with van der Waals surface area (Å²) in [4.78, 5) is 0. The molecule has 0 bridgehead atoms. The lowest BCUT2D eigenvalue weighted by molar-refractivity contribution is -0.142. The summed E-state index contributed by atoms with van der Waals surface area (Å²) in [5, 5.41) is 16.6. The Morgan fingerprint density at radius 1 is 0.447 bits per heavy atom. The van der Waals surface area contributed by atoms with Crippen LogP contribution in [0.4, 0.5) is 26.3 Å². The molecule has 9 heteroatoms. The van der Waals surface area contributed by atoms with Crippen molar-refractivity contribution < 1.29 is 26.3 Å². The van der Waals surface area contributed by atoms with Gasteiger partial charge in [-0.15, -0.1) is 0 Å². The number of aryl methyl sites for hydroxylation is 2. The highest BCUT2D eigenvalue weighted by atomic mass is 19.4. The molecule has 0 radical (unpaired) electrons. The van der Waals surface area contributed by atoms with Gasteiger partial charge in [-0.25, -0.2) is 0 Å². The Balaban J connectivity index is 1.32. The number of alkyl halides is 6. The standard InChI is InChI=1S/C67H47F6N3/c1-39-14-5-9-18-48(39)43-24-28-52-53-29-25-44(49-19-10-6-15-40(49)2)33-60(53)75(59(52)32-43)63-36-47(38-74)56(65-57(66(68,69)70)22-13-23-58(65)67(71,72)73)37-64(63)76-61-34-45(50-20-11-7-16-41(50)3)26-30-54(61)55-31-27-46(35-62(55)76)51-21-12-8-17-42(51)4/h5-17,20-37H,18-19H2,1-4H3. The normalized spacial score (nSPS) is 15.5. The Hall–Kier alpha value is -8.87. The highest BCUT2D eigenvalue weighted by molar-refractivity contribution is 6.13. The van der Waals surface area contributed by atoms with Crippen LogP contribution in [-0.4, -0.2) is 9.13 Å². The highest BCUT2D eigenvalue weighted by Crippen LogP contribution is 2.48. The molecule has 0 saturated heterocycles. The fourth-order valence-corrected chi connectivity index (χ4v) is 11.6. The van der Waals surface area contributed by atoms with Gasteiger partial charge in [-0.1, -0.05) is 140 Å². The van der Waals surface area contributed by atoms with E-state index in [1.165, 1.54) is 12.1 Å². The molecule has 2 aliphatic rings. The van der Waals surface area contributed by atoms with E-state index in [1.54, 1.807) is 0 Å². The molecule has 0 unspecified atom stereocenters. The van der Waals surface area contributed by atoms with Crippen molar-refractivity contribution in [3.63, 3.8) is 0 Å². The van der Waals surface area contributed by atoms with Crippen molar-refractivity contribution in [2.24, 2.45) is 0 Å². The van der Waals surface area contributed by atoms with Gasteiger partial charge in [0.25, 0.3) is 0 Å². The third-order valence-corrected chi connectivity index (χ3v) is 15.4. The number of fused-ring (bicyclic) bond motifs is 6. The van der Waals surface area contributed by atoms with E-state index in [9.17, 15) is 5.26 Å². The van der Waals surface area contributed by atoms with E-state index in [4.69, 9.17) is 0 Å². The van der Waals surface area contributed by atoms with Crippen LogP contribution in [0.2, 0.25) is 0 Å². The van der Waals surface area contributed by atoms with Gasteiger partial charge in [0.15, 0.2) is 0 Å². The van der Waals surface area contributed by atoms with Gasteiger partial charge in [-0.3, -0.25) is 0 Å². The van der Waals surface area contributed by atoms with E-state index in [0.29, 0.717) is 41.7 Å². The van der Waals surface area contributed by atoms with Crippen molar-refractivity contribution in [2.75, 3.05) is 0 Å². The maximum absolute atomic E-state index is 15.4. The summed E-state index contributed by atoms with van der Waals surface area (Å²) in [7, 11) is 0. The Morgan fingerprint density at radius 2 is 0.868 bits per heavy atom. The van der Waals surface area contributed by atoms with Crippen molar-refractivity contribution in [3.05, 3.63) is 238 Å². The predicted octanol–water partition coefficient (Wildman–Crippen LogP) is 17.5. The van der Waals surface area contributed by atoms with Crippen molar-refractivity contribution in [1.29, 1.82) is 5.26 Å². The zero-order valence-electron chi connectivity index (χ0n) is 41.9. The third-order valence-electron chi connectivity index (χ3n) is 15.4. The van der Waals surface area contributed by atoms with E-state index < -0.39 is 34.6 Å². The third kappa shape index (κ3) is 7.99. The van der Waals surface area contributed by atoms with Crippen LogP contribution in [0.1, 0.15) is 54.5 Å². The fraction of sp³-hybridized carbons (Fsp3) is 0.119. The number of hydrogen-bond acceptors (Lipinski definition) is 1. The molecule has 0 N–H and O–H groups in total. The molecule has 0 fully saturated rings. The molecule has 8 aromatic carbocycles. The van der Waals surface area contributed by atoms with Gasteiger partial charge in [0.2, 0.25) is 0 Å². The minimum atomic E-state index is -5.23. The van der Waals surface area contributed by atoms with Gasteiger partial charge in [0.1, 0.15) is 0 Å². The fourth-order valence-electron chi connectivity index (χ4n) is 11.6. The number of benzene rings is 8. The lowest BCUT2D eigenvalue weighted by atomic mass is 9.89. The molecule has 372 valence electrons. The van der Waals surface area contributed by atoms with Crippen molar-refractivity contribution >= 4 is 54.8 Å². The Labute approximate surface area is 434 Å². The smallest absolute Gasteiger partial charge is 0.307 e. The number of nitriles is 1. The molecular formula is C67H47F6N3. The van der Waals surface area contributed by atoms with Crippen LogP contribution in [0.5, 0.6) is 0 Å². The molecule has 0 saturated carbocycles. The molecule has 12 rings (SSSR count). The maximum Gasteiger partial charge on any atom is 0.417 e. The average molecular weight is 1010 g/mol. The Bertz CT molecular complexity index is 4190. The summed E-state index contributed by atoms with van der Waals surface area (Å²) in [6.07, 6.45) is 3.31. The number of allylic oxidation sites excluding steroid dienone is 8. The Kier molecular flexibility index (Phi) is 11.5. The highest BCUT2D eigenvalue weighted by Gasteiger charge is 2.42. The molecule has 0 atom stereocenters. The zero-order valence-corrected chi connectivity index (χ0v) is 41.9. The summed E-state index contributed by atoms with van der Waals surface area (Å²) in [6.45, 7) is 8.18. The van der Waals surface area contributed by atoms with E-state index >= 15 is 26.3 Å². The van der Waals surface area contributed by atoms with Crippen molar-refractivity contribution in [3.8, 4) is 50.8 Å². The van der Waals surface area contributed by atoms with Gasteiger partial charge in [0.05, 0.1) is 56.2 Å². The quantitative estimate of drug-likeness (QED) is 0.158. The summed E-state index contributed by atoms with van der Waals surface area (Å²) < 4.78 is 96.5. The minimum absolute atomic E-state index is 0.270.